The minimum absolute atomic E-state index is 0.361. The highest BCUT2D eigenvalue weighted by Gasteiger charge is 2.19. The number of aromatic nitrogens is 1. The molecule has 0 aliphatic rings. The van der Waals surface area contributed by atoms with Crippen LogP contribution in [0.4, 0.5) is 5.69 Å². The Labute approximate surface area is 172 Å². The molecule has 0 saturated heterocycles. The summed E-state index contributed by atoms with van der Waals surface area (Å²) in [6.07, 6.45) is 0. The minimum atomic E-state index is -0.564. The molecule has 1 aromatic heterocycles. The summed E-state index contributed by atoms with van der Waals surface area (Å²) in [4.78, 5) is 29.3. The van der Waals surface area contributed by atoms with Crippen molar-refractivity contribution < 1.29 is 14.3 Å². The van der Waals surface area contributed by atoms with Crippen LogP contribution in [0.25, 0.3) is 10.6 Å². The Kier molecular flexibility index (Phi) is 6.11. The molecule has 0 aliphatic heterocycles. The molecule has 2 aromatic carbocycles. The molecule has 1 amide bonds. The first kappa shape index (κ1) is 20.0. The SMILES string of the molecule is Cc1ccc(NC(=O)COC(=O)c2sc(-c3ccc(Cl)cc3)nc2C)c(C)c1. The van der Waals surface area contributed by atoms with Gasteiger partial charge < -0.3 is 10.1 Å². The summed E-state index contributed by atoms with van der Waals surface area (Å²) in [6.45, 7) is 5.27. The fraction of sp³-hybridized carbons (Fsp3) is 0.190. The zero-order valence-corrected chi connectivity index (χ0v) is 17.3. The molecule has 3 aromatic rings. The van der Waals surface area contributed by atoms with Gasteiger partial charge in [-0.05, 0) is 44.5 Å². The van der Waals surface area contributed by atoms with Crippen LogP contribution in [0.15, 0.2) is 42.5 Å². The zero-order chi connectivity index (χ0) is 20.3. The third-order valence-electron chi connectivity index (χ3n) is 4.06. The van der Waals surface area contributed by atoms with Crippen molar-refractivity contribution in [2.24, 2.45) is 0 Å². The normalized spacial score (nSPS) is 10.6. The smallest absolute Gasteiger partial charge is 0.350 e. The number of aryl methyl sites for hydroxylation is 3. The number of ether oxygens (including phenoxy) is 1. The monoisotopic (exact) mass is 414 g/mol. The van der Waals surface area contributed by atoms with Gasteiger partial charge in [-0.3, -0.25) is 4.79 Å². The average molecular weight is 415 g/mol. The molecule has 0 bridgehead atoms. The number of carbonyl (C=O) groups is 2. The van der Waals surface area contributed by atoms with Gasteiger partial charge in [0.2, 0.25) is 0 Å². The van der Waals surface area contributed by atoms with Gasteiger partial charge in [0.25, 0.3) is 5.91 Å². The second-order valence-electron chi connectivity index (χ2n) is 6.38. The number of hydrogen-bond donors (Lipinski definition) is 1. The van der Waals surface area contributed by atoms with Gasteiger partial charge in [0.05, 0.1) is 5.69 Å². The van der Waals surface area contributed by atoms with Gasteiger partial charge in [0.15, 0.2) is 6.61 Å². The first-order valence-electron chi connectivity index (χ1n) is 8.61. The first-order valence-corrected chi connectivity index (χ1v) is 9.80. The Bertz CT molecular complexity index is 1030. The largest absolute Gasteiger partial charge is 0.451 e. The van der Waals surface area contributed by atoms with Crippen molar-refractivity contribution in [3.8, 4) is 10.6 Å². The van der Waals surface area contributed by atoms with Gasteiger partial charge in [-0.1, -0.05) is 41.4 Å². The maximum atomic E-state index is 12.4. The molecule has 0 fully saturated rings. The van der Waals surface area contributed by atoms with E-state index in [9.17, 15) is 9.59 Å². The van der Waals surface area contributed by atoms with Crippen molar-refractivity contribution in [1.82, 2.24) is 4.98 Å². The van der Waals surface area contributed by atoms with E-state index in [-0.39, 0.29) is 12.5 Å². The molecule has 28 heavy (non-hydrogen) atoms. The van der Waals surface area contributed by atoms with Crippen molar-refractivity contribution in [2.75, 3.05) is 11.9 Å². The van der Waals surface area contributed by atoms with E-state index in [4.69, 9.17) is 16.3 Å². The molecule has 0 saturated carbocycles. The maximum absolute atomic E-state index is 12.4. The number of nitrogens with zero attached hydrogens (tertiary/aromatic N) is 1. The van der Waals surface area contributed by atoms with Crippen molar-refractivity contribution in [1.29, 1.82) is 0 Å². The molecule has 3 rings (SSSR count). The third kappa shape index (κ3) is 4.77. The molecule has 7 heteroatoms. The number of amides is 1. The van der Waals surface area contributed by atoms with Crippen LogP contribution in [-0.4, -0.2) is 23.5 Å². The van der Waals surface area contributed by atoms with Crippen LogP contribution in [0.1, 0.15) is 26.5 Å². The number of rotatable bonds is 5. The second-order valence-corrected chi connectivity index (χ2v) is 7.82. The van der Waals surface area contributed by atoms with Gasteiger partial charge in [-0.2, -0.15) is 0 Å². The van der Waals surface area contributed by atoms with Gasteiger partial charge in [0.1, 0.15) is 9.88 Å². The van der Waals surface area contributed by atoms with Crippen molar-refractivity contribution in [2.45, 2.75) is 20.8 Å². The Hall–Kier alpha value is -2.70. The summed E-state index contributed by atoms with van der Waals surface area (Å²) < 4.78 is 5.17. The number of nitrogens with one attached hydrogen (secondary N) is 1. The molecule has 0 atom stereocenters. The van der Waals surface area contributed by atoms with Gasteiger partial charge in [0, 0.05) is 16.3 Å². The second kappa shape index (κ2) is 8.54. The van der Waals surface area contributed by atoms with Gasteiger partial charge in [-0.25, -0.2) is 9.78 Å². The fourth-order valence-corrected chi connectivity index (χ4v) is 3.73. The highest BCUT2D eigenvalue weighted by Crippen LogP contribution is 2.29. The van der Waals surface area contributed by atoms with Crippen molar-refractivity contribution >= 4 is 40.5 Å². The van der Waals surface area contributed by atoms with Gasteiger partial charge >= 0.3 is 5.97 Å². The number of esters is 1. The zero-order valence-electron chi connectivity index (χ0n) is 15.7. The molecule has 144 valence electrons. The summed E-state index contributed by atoms with van der Waals surface area (Å²) in [7, 11) is 0. The van der Waals surface area contributed by atoms with E-state index in [1.54, 1.807) is 19.1 Å². The van der Waals surface area contributed by atoms with E-state index in [1.807, 2.05) is 44.2 Å². The number of carbonyl (C=O) groups excluding carboxylic acids is 2. The Morgan fingerprint density at radius 3 is 2.50 bits per heavy atom. The average Bonchev–Trinajstić information content (AvgIpc) is 3.04. The molecule has 0 unspecified atom stereocenters. The van der Waals surface area contributed by atoms with Crippen molar-refractivity contribution in [3.63, 3.8) is 0 Å². The Morgan fingerprint density at radius 1 is 1.11 bits per heavy atom. The molecule has 0 aliphatic carbocycles. The summed E-state index contributed by atoms with van der Waals surface area (Å²) in [6, 6.07) is 12.9. The highest BCUT2D eigenvalue weighted by molar-refractivity contribution is 7.17. The molecule has 0 spiro atoms. The van der Waals surface area contributed by atoms with E-state index in [0.29, 0.717) is 26.3 Å². The molecule has 0 radical (unpaired) electrons. The standard InChI is InChI=1S/C21H19ClN2O3S/c1-12-4-9-17(13(2)10-12)24-18(25)11-27-21(26)19-14(3)23-20(28-19)15-5-7-16(22)8-6-15/h4-10H,11H2,1-3H3,(H,24,25). The van der Waals surface area contributed by atoms with E-state index >= 15 is 0 Å². The molecule has 5 nitrogen and oxygen atoms in total. The minimum Gasteiger partial charge on any atom is -0.451 e. The lowest BCUT2D eigenvalue weighted by atomic mass is 10.1. The fourth-order valence-electron chi connectivity index (χ4n) is 2.64. The van der Waals surface area contributed by atoms with E-state index < -0.39 is 5.97 Å². The number of benzene rings is 2. The van der Waals surface area contributed by atoms with Crippen LogP contribution in [0, 0.1) is 20.8 Å². The van der Waals surface area contributed by atoms with E-state index in [1.165, 1.54) is 11.3 Å². The summed E-state index contributed by atoms with van der Waals surface area (Å²) >= 11 is 7.13. The third-order valence-corrected chi connectivity index (χ3v) is 5.50. The lowest BCUT2D eigenvalue weighted by Gasteiger charge is -2.09. The Balaban J connectivity index is 1.63. The predicted molar refractivity (Wildman–Crippen MR) is 112 cm³/mol. The molecule has 1 N–H and O–H groups in total. The lowest BCUT2D eigenvalue weighted by Crippen LogP contribution is -2.21. The molecular weight excluding hydrogens is 396 g/mol. The number of halogens is 1. The van der Waals surface area contributed by atoms with Crippen LogP contribution < -0.4 is 5.32 Å². The van der Waals surface area contributed by atoms with Crippen LogP contribution in [0.3, 0.4) is 0 Å². The van der Waals surface area contributed by atoms with Crippen LogP contribution in [0.5, 0.6) is 0 Å². The van der Waals surface area contributed by atoms with E-state index in [2.05, 4.69) is 10.3 Å². The molecular formula is C21H19ClN2O3S. The van der Waals surface area contributed by atoms with Crippen molar-refractivity contribution in [3.05, 3.63) is 69.2 Å². The van der Waals surface area contributed by atoms with Gasteiger partial charge in [-0.15, -0.1) is 11.3 Å². The summed E-state index contributed by atoms with van der Waals surface area (Å²) in [5.41, 5.74) is 4.19. The topological polar surface area (TPSA) is 68.3 Å². The quantitative estimate of drug-likeness (QED) is 0.584. The highest BCUT2D eigenvalue weighted by atomic mass is 35.5. The predicted octanol–water partition coefficient (Wildman–Crippen LogP) is 5.18. The van der Waals surface area contributed by atoms with Crippen LogP contribution in [0.2, 0.25) is 5.02 Å². The molecule has 1 heterocycles. The van der Waals surface area contributed by atoms with E-state index in [0.717, 1.165) is 16.7 Å². The lowest BCUT2D eigenvalue weighted by molar-refractivity contribution is -0.119. The number of anilines is 1. The van der Waals surface area contributed by atoms with Crippen LogP contribution in [-0.2, 0) is 9.53 Å². The summed E-state index contributed by atoms with van der Waals surface area (Å²) in [5.74, 6) is -0.952. The Morgan fingerprint density at radius 2 is 1.82 bits per heavy atom. The van der Waals surface area contributed by atoms with Crippen LogP contribution >= 0.6 is 22.9 Å². The number of thiazole rings is 1. The summed E-state index contributed by atoms with van der Waals surface area (Å²) in [5, 5.41) is 4.08. The first-order chi connectivity index (χ1) is 13.3. The number of hydrogen-bond acceptors (Lipinski definition) is 5. The maximum Gasteiger partial charge on any atom is 0.350 e.